The normalized spacial score (nSPS) is 15.5. The van der Waals surface area contributed by atoms with Crippen LogP contribution in [0.3, 0.4) is 0 Å². The van der Waals surface area contributed by atoms with Gasteiger partial charge in [0, 0.05) is 31.7 Å². The van der Waals surface area contributed by atoms with Crippen LogP contribution in [0.15, 0.2) is 16.9 Å². The average Bonchev–Trinajstić information content (AvgIpc) is 2.84. The van der Waals surface area contributed by atoms with Gasteiger partial charge in [-0.3, -0.25) is 19.3 Å². The van der Waals surface area contributed by atoms with Crippen molar-refractivity contribution in [2.24, 2.45) is 0 Å². The fraction of sp³-hybridized carbons (Fsp3) is 0.520. The van der Waals surface area contributed by atoms with Crippen LogP contribution in [0, 0.1) is 0 Å². The summed E-state index contributed by atoms with van der Waals surface area (Å²) in [6.45, 7) is 7.75. The molecule has 0 aliphatic carbocycles. The summed E-state index contributed by atoms with van der Waals surface area (Å²) in [6, 6.07) is 4.21. The molecule has 1 aromatic heterocycles. The zero-order chi connectivity index (χ0) is 27.9. The number of fused-ring (bicyclic) bond motifs is 3. The highest BCUT2D eigenvalue weighted by molar-refractivity contribution is 5.98. The van der Waals surface area contributed by atoms with E-state index in [4.69, 9.17) is 29.9 Å². The number of benzene rings is 1. The third kappa shape index (κ3) is 7.21. The number of carboxylic acids is 3. The number of carbonyl (C=O) groups is 3. The highest BCUT2D eigenvalue weighted by atomic mass is 16.5. The molecule has 13 heteroatoms. The van der Waals surface area contributed by atoms with Gasteiger partial charge in [-0.15, -0.1) is 0 Å². The Balaban J connectivity index is 0.000000263. The largest absolute Gasteiger partial charge is 0.493 e. The van der Waals surface area contributed by atoms with E-state index < -0.39 is 36.4 Å². The minimum Gasteiger partial charge on any atom is -0.493 e. The van der Waals surface area contributed by atoms with Crippen molar-refractivity contribution in [2.45, 2.75) is 44.8 Å². The van der Waals surface area contributed by atoms with Crippen LogP contribution in [0.5, 0.6) is 5.75 Å². The molecule has 1 aromatic carbocycles. The van der Waals surface area contributed by atoms with Crippen LogP contribution < -0.4 is 15.6 Å². The number of aromatic amines is 1. The summed E-state index contributed by atoms with van der Waals surface area (Å²) in [4.78, 5) is 48.4. The molecule has 6 N–H and O–H groups in total. The van der Waals surface area contributed by atoms with Crippen molar-refractivity contribution >= 4 is 34.5 Å². The van der Waals surface area contributed by atoms with Crippen LogP contribution in [0.25, 0.3) is 10.9 Å². The zero-order valence-corrected chi connectivity index (χ0v) is 21.1. The molecule has 0 spiro atoms. The number of anilines is 1. The lowest BCUT2D eigenvalue weighted by Crippen LogP contribution is -2.42. The quantitative estimate of drug-likeness (QED) is 0.265. The van der Waals surface area contributed by atoms with Gasteiger partial charge in [-0.25, -0.2) is 4.79 Å². The Morgan fingerprint density at radius 2 is 1.76 bits per heavy atom. The number of pyridine rings is 1. The molecule has 2 aromatic rings. The summed E-state index contributed by atoms with van der Waals surface area (Å²) in [5.74, 6) is -4.17. The number of aromatic nitrogens is 1. The number of aliphatic carboxylic acids is 3. The third-order valence-corrected chi connectivity index (χ3v) is 6.24. The van der Waals surface area contributed by atoms with E-state index in [0.717, 1.165) is 85.7 Å². The van der Waals surface area contributed by atoms with Crippen LogP contribution in [0.4, 0.5) is 5.69 Å². The number of hydrogen-bond acceptors (Lipinski definition) is 9. The molecule has 38 heavy (non-hydrogen) atoms. The van der Waals surface area contributed by atoms with Gasteiger partial charge < -0.3 is 40.2 Å². The van der Waals surface area contributed by atoms with Crippen LogP contribution in [-0.4, -0.2) is 93.3 Å². The van der Waals surface area contributed by atoms with Gasteiger partial charge in [0.2, 0.25) is 0 Å². The fourth-order valence-corrected chi connectivity index (χ4v) is 4.50. The van der Waals surface area contributed by atoms with Gasteiger partial charge in [-0.1, -0.05) is 0 Å². The van der Waals surface area contributed by atoms with Gasteiger partial charge in [0.25, 0.3) is 5.56 Å². The van der Waals surface area contributed by atoms with Crippen LogP contribution in [-0.2, 0) is 32.1 Å². The van der Waals surface area contributed by atoms with Crippen molar-refractivity contribution in [3.8, 4) is 5.75 Å². The average molecular weight is 536 g/mol. The second-order valence-corrected chi connectivity index (χ2v) is 9.15. The molecule has 2 aliphatic rings. The number of carboxylic acid groups (broad SMARTS) is 3. The van der Waals surface area contributed by atoms with Crippen molar-refractivity contribution in [1.82, 2.24) is 9.88 Å². The number of morpholine rings is 1. The highest BCUT2D eigenvalue weighted by Crippen LogP contribution is 2.36. The molecular formula is C25H33N3O10. The van der Waals surface area contributed by atoms with Crippen LogP contribution >= 0.6 is 0 Å². The van der Waals surface area contributed by atoms with E-state index in [0.29, 0.717) is 6.61 Å². The van der Waals surface area contributed by atoms with Gasteiger partial charge in [0.1, 0.15) is 5.75 Å². The third-order valence-electron chi connectivity index (χ3n) is 6.24. The molecule has 0 atom stereocenters. The number of aliphatic hydroxyl groups is 1. The standard InChI is InChI=1S/C19H25N3O3.C6H8O7/c1-2-25-16-11-13(12-22-6-8-24-9-7-22)10-15-17(16)18-14(19(23)21-15)4-3-5-20-18;7-3(8)1-6(13,5(11)12)2-4(9)10/h10-11,20H,2-9,12H2,1H3,(H,21,23);13H,1-2H2,(H,7,8)(H,9,10)(H,11,12). The van der Waals surface area contributed by atoms with Crippen molar-refractivity contribution in [2.75, 3.05) is 44.8 Å². The predicted octanol–water partition coefficient (Wildman–Crippen LogP) is 0.869. The Hall–Kier alpha value is -3.68. The van der Waals surface area contributed by atoms with E-state index in [1.165, 1.54) is 0 Å². The first-order chi connectivity index (χ1) is 18.0. The smallest absolute Gasteiger partial charge is 0.336 e. The minimum absolute atomic E-state index is 0.0145. The molecule has 0 bridgehead atoms. The van der Waals surface area contributed by atoms with Crippen LogP contribution in [0.2, 0.25) is 0 Å². The lowest BCUT2D eigenvalue weighted by Gasteiger charge is -2.27. The maximum absolute atomic E-state index is 12.5. The first-order valence-electron chi connectivity index (χ1n) is 12.3. The number of nitrogens with zero attached hydrogens (tertiary/aromatic N) is 1. The monoisotopic (exact) mass is 535 g/mol. The summed E-state index contributed by atoms with van der Waals surface area (Å²) >= 11 is 0. The van der Waals surface area contributed by atoms with E-state index in [9.17, 15) is 19.2 Å². The molecule has 1 fully saturated rings. The first kappa shape index (κ1) is 28.9. The Bertz CT molecular complexity index is 1220. The van der Waals surface area contributed by atoms with Gasteiger partial charge >= 0.3 is 17.9 Å². The molecule has 13 nitrogen and oxygen atoms in total. The van der Waals surface area contributed by atoms with Crippen molar-refractivity contribution in [3.63, 3.8) is 0 Å². The SMILES string of the molecule is CCOc1cc(CN2CCOCC2)cc2[nH]c(=O)c3c(c12)NCCC3.O=C(O)CC(O)(CC(=O)O)C(=O)O. The molecule has 0 amide bonds. The fourth-order valence-electron chi connectivity index (χ4n) is 4.50. The summed E-state index contributed by atoms with van der Waals surface area (Å²) in [5.41, 5.74) is 1.08. The Morgan fingerprint density at radius 3 is 2.34 bits per heavy atom. The van der Waals surface area contributed by atoms with E-state index >= 15 is 0 Å². The molecule has 0 saturated carbocycles. The van der Waals surface area contributed by atoms with Crippen molar-refractivity contribution in [3.05, 3.63) is 33.6 Å². The van der Waals surface area contributed by atoms with E-state index in [2.05, 4.69) is 27.3 Å². The molecular weight excluding hydrogens is 502 g/mol. The van der Waals surface area contributed by atoms with Gasteiger partial charge in [0.15, 0.2) is 5.60 Å². The first-order valence-corrected chi connectivity index (χ1v) is 12.3. The molecule has 3 heterocycles. The maximum Gasteiger partial charge on any atom is 0.336 e. The van der Waals surface area contributed by atoms with Crippen molar-refractivity contribution in [1.29, 1.82) is 0 Å². The molecule has 208 valence electrons. The Kier molecular flexibility index (Phi) is 9.66. The second-order valence-electron chi connectivity index (χ2n) is 9.15. The summed E-state index contributed by atoms with van der Waals surface area (Å²) in [7, 11) is 0. The molecule has 0 unspecified atom stereocenters. The van der Waals surface area contributed by atoms with E-state index in [-0.39, 0.29) is 5.56 Å². The maximum atomic E-state index is 12.5. The van der Waals surface area contributed by atoms with E-state index in [1.807, 2.05) is 6.92 Å². The lowest BCUT2D eigenvalue weighted by atomic mass is 9.96. The van der Waals surface area contributed by atoms with Crippen molar-refractivity contribution < 1.29 is 44.3 Å². The Morgan fingerprint density at radius 1 is 1.11 bits per heavy atom. The molecule has 1 saturated heterocycles. The van der Waals surface area contributed by atoms with Crippen LogP contribution in [0.1, 0.15) is 37.3 Å². The second kappa shape index (κ2) is 12.7. The topological polar surface area (TPSA) is 199 Å². The number of ether oxygens (including phenoxy) is 2. The number of rotatable bonds is 9. The highest BCUT2D eigenvalue weighted by Gasteiger charge is 2.40. The number of hydrogen-bond donors (Lipinski definition) is 6. The number of H-pyrrole nitrogens is 1. The number of nitrogens with one attached hydrogen (secondary N) is 2. The zero-order valence-electron chi connectivity index (χ0n) is 21.1. The summed E-state index contributed by atoms with van der Waals surface area (Å²) in [5, 5.41) is 38.2. The van der Waals surface area contributed by atoms with Gasteiger partial charge in [-0.05, 0) is 37.5 Å². The lowest BCUT2D eigenvalue weighted by molar-refractivity contribution is -0.170. The predicted molar refractivity (Wildman–Crippen MR) is 136 cm³/mol. The van der Waals surface area contributed by atoms with Gasteiger partial charge in [0.05, 0.1) is 49.3 Å². The Labute approximate surface area is 218 Å². The molecule has 4 rings (SSSR count). The minimum atomic E-state index is -2.74. The molecule has 2 aliphatic heterocycles. The molecule has 0 radical (unpaired) electrons. The van der Waals surface area contributed by atoms with Gasteiger partial charge in [-0.2, -0.15) is 0 Å². The summed E-state index contributed by atoms with van der Waals surface area (Å²) < 4.78 is 11.4. The summed E-state index contributed by atoms with van der Waals surface area (Å²) in [6.07, 6.45) is -0.487. The van der Waals surface area contributed by atoms with E-state index in [1.54, 1.807) is 0 Å².